The van der Waals surface area contributed by atoms with Crippen LogP contribution in [0.4, 0.5) is 10.1 Å². The Morgan fingerprint density at radius 3 is 3.06 bits per heavy atom. The molecular formula is C13H17FN2O2. The van der Waals surface area contributed by atoms with Gasteiger partial charge in [-0.1, -0.05) is 6.07 Å². The minimum absolute atomic E-state index is 0.106. The van der Waals surface area contributed by atoms with Gasteiger partial charge in [0.05, 0.1) is 17.4 Å². The SMILES string of the molecule is CC1OCCC1CNC(=O)c1cccc(F)c1N. The van der Waals surface area contributed by atoms with Crippen molar-refractivity contribution in [1.82, 2.24) is 5.32 Å². The predicted molar refractivity (Wildman–Crippen MR) is 66.7 cm³/mol. The molecule has 0 radical (unpaired) electrons. The van der Waals surface area contributed by atoms with Crippen LogP contribution in [0.5, 0.6) is 0 Å². The fraction of sp³-hybridized carbons (Fsp3) is 0.462. The van der Waals surface area contributed by atoms with E-state index in [2.05, 4.69) is 5.32 Å². The Morgan fingerprint density at radius 1 is 1.61 bits per heavy atom. The van der Waals surface area contributed by atoms with Gasteiger partial charge in [0.15, 0.2) is 0 Å². The van der Waals surface area contributed by atoms with Crippen LogP contribution in [-0.2, 0) is 4.74 Å². The minimum Gasteiger partial charge on any atom is -0.396 e. The second-order valence-corrected chi connectivity index (χ2v) is 4.54. The van der Waals surface area contributed by atoms with Crippen LogP contribution in [0.1, 0.15) is 23.7 Å². The van der Waals surface area contributed by atoms with E-state index in [1.54, 1.807) is 0 Å². The van der Waals surface area contributed by atoms with Crippen molar-refractivity contribution in [3.05, 3.63) is 29.6 Å². The first kappa shape index (κ1) is 12.8. The van der Waals surface area contributed by atoms with Gasteiger partial charge in [0, 0.05) is 19.1 Å². The van der Waals surface area contributed by atoms with E-state index in [0.717, 1.165) is 13.0 Å². The summed E-state index contributed by atoms with van der Waals surface area (Å²) in [4.78, 5) is 11.9. The Bertz CT molecular complexity index is 451. The molecule has 1 fully saturated rings. The summed E-state index contributed by atoms with van der Waals surface area (Å²) in [5.41, 5.74) is 5.61. The maximum absolute atomic E-state index is 13.2. The van der Waals surface area contributed by atoms with Crippen molar-refractivity contribution in [3.8, 4) is 0 Å². The van der Waals surface area contributed by atoms with Crippen molar-refractivity contribution >= 4 is 11.6 Å². The molecule has 0 aromatic heterocycles. The molecule has 5 heteroatoms. The van der Waals surface area contributed by atoms with E-state index in [4.69, 9.17) is 10.5 Å². The minimum atomic E-state index is -0.569. The maximum atomic E-state index is 13.2. The van der Waals surface area contributed by atoms with E-state index < -0.39 is 5.82 Å². The van der Waals surface area contributed by atoms with E-state index in [9.17, 15) is 9.18 Å². The number of nitrogens with two attached hydrogens (primary N) is 1. The number of benzene rings is 1. The lowest BCUT2D eigenvalue weighted by molar-refractivity contribution is 0.0908. The first-order chi connectivity index (χ1) is 8.59. The molecule has 0 bridgehead atoms. The highest BCUT2D eigenvalue weighted by Gasteiger charge is 2.24. The highest BCUT2D eigenvalue weighted by atomic mass is 19.1. The average Bonchev–Trinajstić information content (AvgIpc) is 2.75. The number of hydrogen-bond donors (Lipinski definition) is 2. The second-order valence-electron chi connectivity index (χ2n) is 4.54. The van der Waals surface area contributed by atoms with Crippen molar-refractivity contribution < 1.29 is 13.9 Å². The number of carbonyl (C=O) groups excluding carboxylic acids is 1. The summed E-state index contributed by atoms with van der Waals surface area (Å²) >= 11 is 0. The Morgan fingerprint density at radius 2 is 2.39 bits per heavy atom. The molecule has 3 N–H and O–H groups in total. The number of carbonyl (C=O) groups is 1. The lowest BCUT2D eigenvalue weighted by Gasteiger charge is -2.15. The van der Waals surface area contributed by atoms with E-state index >= 15 is 0 Å². The van der Waals surface area contributed by atoms with Crippen LogP contribution in [0.3, 0.4) is 0 Å². The van der Waals surface area contributed by atoms with Crippen molar-refractivity contribution in [2.45, 2.75) is 19.4 Å². The van der Waals surface area contributed by atoms with Crippen LogP contribution in [0, 0.1) is 11.7 Å². The van der Waals surface area contributed by atoms with E-state index in [1.165, 1.54) is 18.2 Å². The molecule has 1 aromatic rings. The van der Waals surface area contributed by atoms with Gasteiger partial charge in [-0.3, -0.25) is 4.79 Å². The fourth-order valence-electron chi connectivity index (χ4n) is 2.10. The van der Waals surface area contributed by atoms with Gasteiger partial charge in [-0.05, 0) is 25.5 Å². The molecule has 2 atom stereocenters. The standard InChI is InChI=1S/C13H17FN2O2/c1-8-9(5-6-18-8)7-16-13(17)10-3-2-4-11(14)12(10)15/h2-4,8-9H,5-7,15H2,1H3,(H,16,17). The fourth-order valence-corrected chi connectivity index (χ4v) is 2.10. The number of para-hydroxylation sites is 1. The summed E-state index contributed by atoms with van der Waals surface area (Å²) < 4.78 is 18.6. The molecule has 1 aliphatic rings. The molecule has 1 heterocycles. The largest absolute Gasteiger partial charge is 0.396 e. The Balaban J connectivity index is 1.97. The van der Waals surface area contributed by atoms with Gasteiger partial charge >= 0.3 is 0 Å². The van der Waals surface area contributed by atoms with Gasteiger partial charge < -0.3 is 15.8 Å². The Hall–Kier alpha value is -1.62. The van der Waals surface area contributed by atoms with Crippen molar-refractivity contribution in [1.29, 1.82) is 0 Å². The maximum Gasteiger partial charge on any atom is 0.253 e. The normalized spacial score (nSPS) is 23.0. The smallest absolute Gasteiger partial charge is 0.253 e. The van der Waals surface area contributed by atoms with Crippen LogP contribution < -0.4 is 11.1 Å². The average molecular weight is 252 g/mol. The summed E-state index contributed by atoms with van der Waals surface area (Å²) in [6.45, 7) is 3.24. The molecule has 1 amide bonds. The first-order valence-corrected chi connectivity index (χ1v) is 6.03. The number of rotatable bonds is 3. The van der Waals surface area contributed by atoms with E-state index in [0.29, 0.717) is 12.5 Å². The Kier molecular flexibility index (Phi) is 3.81. The molecule has 1 aliphatic heterocycles. The van der Waals surface area contributed by atoms with Crippen molar-refractivity contribution in [2.75, 3.05) is 18.9 Å². The second kappa shape index (κ2) is 5.35. The molecule has 0 spiro atoms. The van der Waals surface area contributed by atoms with Crippen molar-refractivity contribution in [3.63, 3.8) is 0 Å². The molecule has 0 aliphatic carbocycles. The number of nitrogens with one attached hydrogen (secondary N) is 1. The van der Waals surface area contributed by atoms with Crippen LogP contribution in [-0.4, -0.2) is 25.2 Å². The Labute approximate surface area is 105 Å². The monoisotopic (exact) mass is 252 g/mol. The van der Waals surface area contributed by atoms with Crippen molar-refractivity contribution in [2.24, 2.45) is 5.92 Å². The van der Waals surface area contributed by atoms with Crippen LogP contribution in [0.15, 0.2) is 18.2 Å². The van der Waals surface area contributed by atoms with Gasteiger partial charge in [0.25, 0.3) is 5.91 Å². The van der Waals surface area contributed by atoms with Gasteiger partial charge in [-0.15, -0.1) is 0 Å². The number of hydrogen-bond acceptors (Lipinski definition) is 3. The lowest BCUT2D eigenvalue weighted by atomic mass is 10.0. The quantitative estimate of drug-likeness (QED) is 0.802. The van der Waals surface area contributed by atoms with Crippen LogP contribution in [0.25, 0.3) is 0 Å². The topological polar surface area (TPSA) is 64.3 Å². The first-order valence-electron chi connectivity index (χ1n) is 6.03. The molecule has 2 unspecified atom stereocenters. The molecule has 1 saturated heterocycles. The summed E-state index contributed by atoms with van der Waals surface area (Å²) in [5.74, 6) is -0.602. The van der Waals surface area contributed by atoms with E-state index in [-0.39, 0.29) is 23.3 Å². The number of nitrogen functional groups attached to an aromatic ring is 1. The van der Waals surface area contributed by atoms with E-state index in [1.807, 2.05) is 6.92 Å². The van der Waals surface area contributed by atoms with Crippen LogP contribution >= 0.6 is 0 Å². The highest BCUT2D eigenvalue weighted by Crippen LogP contribution is 2.20. The molecule has 1 aromatic carbocycles. The van der Waals surface area contributed by atoms with Gasteiger partial charge in [0.2, 0.25) is 0 Å². The predicted octanol–water partition coefficient (Wildman–Crippen LogP) is 1.56. The molecule has 0 saturated carbocycles. The molecule has 98 valence electrons. The summed E-state index contributed by atoms with van der Waals surface area (Å²) in [6, 6.07) is 4.23. The third-order valence-electron chi connectivity index (χ3n) is 3.36. The van der Waals surface area contributed by atoms with Gasteiger partial charge in [0.1, 0.15) is 5.82 Å². The molecule has 18 heavy (non-hydrogen) atoms. The molecule has 2 rings (SSSR count). The van der Waals surface area contributed by atoms with Gasteiger partial charge in [-0.25, -0.2) is 4.39 Å². The summed E-state index contributed by atoms with van der Waals surface area (Å²) in [6.07, 6.45) is 1.08. The highest BCUT2D eigenvalue weighted by molar-refractivity contribution is 5.99. The molecular weight excluding hydrogens is 235 g/mol. The number of halogens is 1. The number of amides is 1. The third kappa shape index (κ3) is 2.61. The summed E-state index contributed by atoms with van der Waals surface area (Å²) in [7, 11) is 0. The lowest BCUT2D eigenvalue weighted by Crippen LogP contribution is -2.32. The zero-order chi connectivity index (χ0) is 13.1. The number of ether oxygens (including phenoxy) is 1. The summed E-state index contributed by atoms with van der Waals surface area (Å²) in [5, 5.41) is 2.77. The number of anilines is 1. The zero-order valence-corrected chi connectivity index (χ0v) is 10.3. The zero-order valence-electron chi connectivity index (χ0n) is 10.3. The van der Waals surface area contributed by atoms with Crippen LogP contribution in [0.2, 0.25) is 0 Å². The third-order valence-corrected chi connectivity index (χ3v) is 3.36. The molecule has 4 nitrogen and oxygen atoms in total. The van der Waals surface area contributed by atoms with Gasteiger partial charge in [-0.2, -0.15) is 0 Å².